The van der Waals surface area contributed by atoms with Gasteiger partial charge < -0.3 is 4.90 Å². The summed E-state index contributed by atoms with van der Waals surface area (Å²) in [6.45, 7) is 1.25. The van der Waals surface area contributed by atoms with Crippen molar-refractivity contribution in [3.05, 3.63) is 93.5 Å². The molecular formula is C28H22Cl2N8O2. The lowest BCUT2D eigenvalue weighted by Crippen LogP contribution is -2.53. The van der Waals surface area contributed by atoms with Crippen molar-refractivity contribution in [3.63, 3.8) is 0 Å². The summed E-state index contributed by atoms with van der Waals surface area (Å²) >= 11 is 12.5. The lowest BCUT2D eigenvalue weighted by atomic mass is 9.80. The molecule has 10 nitrogen and oxygen atoms in total. The van der Waals surface area contributed by atoms with E-state index in [1.165, 1.54) is 4.90 Å². The van der Waals surface area contributed by atoms with E-state index in [1.54, 1.807) is 37.4 Å². The van der Waals surface area contributed by atoms with Gasteiger partial charge in [0.05, 0.1) is 17.3 Å². The minimum absolute atomic E-state index is 0.282. The van der Waals surface area contributed by atoms with E-state index in [0.717, 1.165) is 21.6 Å². The average molecular weight is 573 g/mol. The third-order valence-electron chi connectivity index (χ3n) is 7.68. The predicted octanol–water partition coefficient (Wildman–Crippen LogP) is 4.48. The average Bonchev–Trinajstić information content (AvgIpc) is 3.65. The second-order valence-corrected chi connectivity index (χ2v) is 10.8. The molecule has 6 rings (SSSR count). The molecular weight excluding hydrogens is 551 g/mol. The summed E-state index contributed by atoms with van der Waals surface area (Å²) in [6.07, 6.45) is 0. The van der Waals surface area contributed by atoms with E-state index in [1.807, 2.05) is 36.4 Å². The minimum Gasteiger partial charge on any atom is -0.310 e. The van der Waals surface area contributed by atoms with Crippen LogP contribution in [0.4, 0.5) is 10.5 Å². The highest BCUT2D eigenvalue weighted by atomic mass is 35.5. The van der Waals surface area contributed by atoms with Crippen LogP contribution in [0, 0.1) is 11.3 Å². The van der Waals surface area contributed by atoms with Crippen molar-refractivity contribution in [2.24, 2.45) is 0 Å². The fraction of sp³-hybridized carbons (Fsp3) is 0.214. The monoisotopic (exact) mass is 572 g/mol. The van der Waals surface area contributed by atoms with Gasteiger partial charge in [-0.05, 0) is 46.7 Å². The molecule has 1 spiro atoms. The van der Waals surface area contributed by atoms with E-state index in [2.05, 4.69) is 31.6 Å². The Balaban J connectivity index is 1.42. The Morgan fingerprint density at radius 3 is 2.48 bits per heavy atom. The predicted molar refractivity (Wildman–Crippen MR) is 149 cm³/mol. The number of tetrazole rings is 1. The standard InChI is InChI=1S/C28H22Cl2N8O2/c1-36-27(40)38(22-11-20(29)10-21(30)12-22)26(39)28(36)16-37(15-24(28)18-8-6-17(13-31)7-9-18)14-19-4-2-3-5-23(19)25-32-34-35-33-25/h2-12,24H,14-16H2,1H3,(H,32,33,34,35)/t24-,28-/m1/s1. The number of urea groups is 1. The van der Waals surface area contributed by atoms with Gasteiger partial charge >= 0.3 is 6.03 Å². The van der Waals surface area contributed by atoms with Crippen LogP contribution in [0.5, 0.6) is 0 Å². The number of carbonyl (C=O) groups excluding carboxylic acids is 2. The quantitative estimate of drug-likeness (QED) is 0.350. The molecule has 1 N–H and O–H groups in total. The lowest BCUT2D eigenvalue weighted by Gasteiger charge is -2.34. The Morgan fingerprint density at radius 1 is 1.07 bits per heavy atom. The number of likely N-dealkylation sites (N-methyl/N-ethyl adjacent to an activating group) is 1. The maximum atomic E-state index is 14.4. The lowest BCUT2D eigenvalue weighted by molar-refractivity contribution is -0.124. The summed E-state index contributed by atoms with van der Waals surface area (Å²) in [4.78, 5) is 32.9. The van der Waals surface area contributed by atoms with E-state index in [-0.39, 0.29) is 18.4 Å². The number of anilines is 1. The highest BCUT2D eigenvalue weighted by Gasteiger charge is 2.64. The number of halogens is 2. The zero-order chi connectivity index (χ0) is 28.0. The largest absolute Gasteiger partial charge is 0.332 e. The van der Waals surface area contributed by atoms with Crippen LogP contribution in [0.3, 0.4) is 0 Å². The number of nitrogens with zero attached hydrogens (tertiary/aromatic N) is 7. The van der Waals surface area contributed by atoms with E-state index in [0.29, 0.717) is 40.2 Å². The van der Waals surface area contributed by atoms with Crippen LogP contribution in [0.25, 0.3) is 11.4 Å². The summed E-state index contributed by atoms with van der Waals surface area (Å²) in [5.74, 6) is -0.262. The van der Waals surface area contributed by atoms with E-state index in [9.17, 15) is 14.9 Å². The van der Waals surface area contributed by atoms with Gasteiger partial charge in [0.25, 0.3) is 5.91 Å². The number of rotatable bonds is 5. The number of H-pyrrole nitrogens is 1. The molecule has 0 saturated carbocycles. The van der Waals surface area contributed by atoms with Gasteiger partial charge in [0, 0.05) is 48.2 Å². The maximum Gasteiger partial charge on any atom is 0.332 e. The SMILES string of the molecule is CN1C(=O)N(c2cc(Cl)cc(Cl)c2)C(=O)[C@]12CN(Cc1ccccc1-c1nn[nH]n1)C[C@@H]2c1ccc(C#N)cc1. The molecule has 2 fully saturated rings. The molecule has 200 valence electrons. The van der Waals surface area contributed by atoms with Crippen molar-refractivity contribution in [3.8, 4) is 17.5 Å². The maximum absolute atomic E-state index is 14.4. The first-order chi connectivity index (χ1) is 19.3. The van der Waals surface area contributed by atoms with Gasteiger partial charge in [-0.25, -0.2) is 9.69 Å². The summed E-state index contributed by atoms with van der Waals surface area (Å²) in [5.41, 5.74) is 2.25. The van der Waals surface area contributed by atoms with Crippen molar-refractivity contribution >= 4 is 40.8 Å². The van der Waals surface area contributed by atoms with Gasteiger partial charge in [-0.15, -0.1) is 10.2 Å². The van der Waals surface area contributed by atoms with Crippen molar-refractivity contribution in [1.29, 1.82) is 5.26 Å². The summed E-state index contributed by atoms with van der Waals surface area (Å²) < 4.78 is 0. The van der Waals surface area contributed by atoms with Crippen molar-refractivity contribution < 1.29 is 9.59 Å². The zero-order valence-electron chi connectivity index (χ0n) is 21.3. The topological polar surface area (TPSA) is 122 Å². The summed E-state index contributed by atoms with van der Waals surface area (Å²) in [6, 6.07) is 21.2. The molecule has 2 atom stereocenters. The molecule has 2 aliphatic rings. The molecule has 2 saturated heterocycles. The molecule has 0 radical (unpaired) electrons. The van der Waals surface area contributed by atoms with Crippen molar-refractivity contribution in [2.45, 2.75) is 18.0 Å². The number of imide groups is 1. The Labute approximate surface area is 239 Å². The van der Waals surface area contributed by atoms with Crippen LogP contribution in [0.1, 0.15) is 22.6 Å². The number of carbonyl (C=O) groups is 2. The first-order valence-electron chi connectivity index (χ1n) is 12.4. The van der Waals surface area contributed by atoms with Gasteiger partial charge in [-0.2, -0.15) is 10.5 Å². The first-order valence-corrected chi connectivity index (χ1v) is 13.2. The number of hydrogen-bond acceptors (Lipinski definition) is 7. The van der Waals surface area contributed by atoms with Crippen molar-refractivity contribution in [2.75, 3.05) is 25.0 Å². The second-order valence-electron chi connectivity index (χ2n) is 9.88. The smallest absolute Gasteiger partial charge is 0.310 e. The van der Waals surface area contributed by atoms with E-state index in [4.69, 9.17) is 23.2 Å². The van der Waals surface area contributed by atoms with Crippen LogP contribution < -0.4 is 4.90 Å². The van der Waals surface area contributed by atoms with E-state index < -0.39 is 11.6 Å². The number of aromatic amines is 1. The molecule has 1 aromatic heterocycles. The van der Waals surface area contributed by atoms with Crippen LogP contribution >= 0.6 is 23.2 Å². The molecule has 3 amide bonds. The number of aromatic nitrogens is 4. The van der Waals surface area contributed by atoms with Gasteiger partial charge in [0.15, 0.2) is 0 Å². The van der Waals surface area contributed by atoms with Crippen LogP contribution in [-0.2, 0) is 11.3 Å². The number of benzene rings is 3. The third-order valence-corrected chi connectivity index (χ3v) is 8.11. The normalized spacial score (nSPS) is 21.0. The van der Waals surface area contributed by atoms with Crippen LogP contribution in [-0.4, -0.2) is 68.0 Å². The zero-order valence-corrected chi connectivity index (χ0v) is 22.8. The van der Waals surface area contributed by atoms with E-state index >= 15 is 0 Å². The van der Waals surface area contributed by atoms with Crippen molar-refractivity contribution in [1.82, 2.24) is 30.4 Å². The second kappa shape index (κ2) is 10.0. The fourth-order valence-corrected chi connectivity index (χ4v) is 6.32. The molecule has 0 aliphatic carbocycles. The molecule has 0 bridgehead atoms. The number of likely N-dealkylation sites (tertiary alicyclic amines) is 1. The molecule has 0 unspecified atom stereocenters. The number of amides is 3. The van der Waals surface area contributed by atoms with Gasteiger partial charge in [-0.1, -0.05) is 59.6 Å². The first kappa shape index (κ1) is 26.0. The number of hydrogen-bond donors (Lipinski definition) is 1. The minimum atomic E-state index is -1.21. The summed E-state index contributed by atoms with van der Waals surface area (Å²) in [7, 11) is 1.65. The Kier molecular flexibility index (Phi) is 6.50. The van der Waals surface area contributed by atoms with Gasteiger partial charge in [0.1, 0.15) is 5.54 Å². The fourth-order valence-electron chi connectivity index (χ4n) is 5.81. The Bertz CT molecular complexity index is 1630. The van der Waals surface area contributed by atoms with Gasteiger partial charge in [-0.3, -0.25) is 9.69 Å². The molecule has 12 heteroatoms. The van der Waals surface area contributed by atoms with Crippen LogP contribution in [0.2, 0.25) is 10.0 Å². The molecule has 2 aliphatic heterocycles. The molecule has 4 aromatic rings. The Hall–Kier alpha value is -4.30. The highest BCUT2D eigenvalue weighted by Crippen LogP contribution is 2.47. The molecule has 3 heterocycles. The third kappa shape index (κ3) is 4.19. The molecule has 40 heavy (non-hydrogen) atoms. The van der Waals surface area contributed by atoms with Gasteiger partial charge in [0.2, 0.25) is 5.82 Å². The summed E-state index contributed by atoms with van der Waals surface area (Å²) in [5, 5.41) is 24.4. The van der Waals surface area contributed by atoms with Crippen LogP contribution in [0.15, 0.2) is 66.7 Å². The number of nitriles is 1. The molecule has 3 aromatic carbocycles. The Morgan fingerprint density at radius 2 is 1.80 bits per heavy atom. The highest BCUT2D eigenvalue weighted by molar-refractivity contribution is 6.35. The number of nitrogens with one attached hydrogen (secondary N) is 1.